The number of halogens is 2. The average molecular weight is 825 g/mol. The van der Waals surface area contributed by atoms with Crippen LogP contribution in [0.5, 0.6) is 11.5 Å². The fraction of sp³-hybridized carbons (Fsp3) is 0.650. The minimum atomic E-state index is -0.105. The number of carbonyl (C=O) groups excluding carboxylic acids is 2. The standard InChI is InChI=1S/2C20H30BrNO3/c2*1-4-24-20(23)13-22-10-8-17(9-11-22)12-15(2)14-25-19-7-5-6-18(21)16(19)3/h2*5-7,15,17H,4,8-14H2,1-3H3. The quantitative estimate of drug-likeness (QED) is 0.156. The topological polar surface area (TPSA) is 77.5 Å². The van der Waals surface area contributed by atoms with Crippen LogP contribution in [0.2, 0.25) is 0 Å². The van der Waals surface area contributed by atoms with Gasteiger partial charge < -0.3 is 18.9 Å². The number of esters is 2. The van der Waals surface area contributed by atoms with E-state index in [9.17, 15) is 9.59 Å². The minimum absolute atomic E-state index is 0.105. The van der Waals surface area contributed by atoms with Crippen molar-refractivity contribution >= 4 is 43.8 Å². The molecule has 10 heteroatoms. The van der Waals surface area contributed by atoms with E-state index in [2.05, 4.69) is 69.4 Å². The van der Waals surface area contributed by atoms with E-state index in [1.807, 2.05) is 50.2 Å². The first-order chi connectivity index (χ1) is 24.0. The fourth-order valence-electron chi connectivity index (χ4n) is 6.77. The molecule has 0 aliphatic carbocycles. The number of hydrogen-bond acceptors (Lipinski definition) is 8. The van der Waals surface area contributed by atoms with Crippen LogP contribution in [-0.4, -0.2) is 87.4 Å². The lowest BCUT2D eigenvalue weighted by molar-refractivity contribution is -0.145. The van der Waals surface area contributed by atoms with Crippen LogP contribution < -0.4 is 9.47 Å². The summed E-state index contributed by atoms with van der Waals surface area (Å²) in [6.45, 7) is 19.6. The van der Waals surface area contributed by atoms with Crippen LogP contribution in [0.3, 0.4) is 0 Å². The molecule has 2 atom stereocenters. The number of piperidine rings is 2. The molecule has 0 saturated carbocycles. The molecule has 0 radical (unpaired) electrons. The molecule has 0 amide bonds. The summed E-state index contributed by atoms with van der Waals surface area (Å²) in [5.41, 5.74) is 2.31. The van der Waals surface area contributed by atoms with Crippen LogP contribution in [0.15, 0.2) is 45.3 Å². The summed E-state index contributed by atoms with van der Waals surface area (Å²) in [4.78, 5) is 27.5. The van der Waals surface area contributed by atoms with Gasteiger partial charge in [-0.1, -0.05) is 57.8 Å². The molecular formula is C40H60Br2N2O6. The average Bonchev–Trinajstić information content (AvgIpc) is 3.08. The first kappa shape index (κ1) is 42.3. The minimum Gasteiger partial charge on any atom is -0.493 e. The molecule has 0 spiro atoms. The highest BCUT2D eigenvalue weighted by Crippen LogP contribution is 2.30. The summed E-state index contributed by atoms with van der Waals surface area (Å²) in [5.74, 6) is 4.22. The highest BCUT2D eigenvalue weighted by molar-refractivity contribution is 9.10. The van der Waals surface area contributed by atoms with Gasteiger partial charge in [-0.15, -0.1) is 0 Å². The van der Waals surface area contributed by atoms with Crippen LogP contribution in [0.1, 0.15) is 77.3 Å². The van der Waals surface area contributed by atoms with Gasteiger partial charge in [0.05, 0.1) is 39.5 Å². The van der Waals surface area contributed by atoms with E-state index in [1.54, 1.807) is 0 Å². The van der Waals surface area contributed by atoms with Gasteiger partial charge in [0.15, 0.2) is 0 Å². The van der Waals surface area contributed by atoms with E-state index in [-0.39, 0.29) is 11.9 Å². The molecule has 2 heterocycles. The zero-order valence-electron chi connectivity index (χ0n) is 31.2. The SMILES string of the molecule is CCOC(=O)CN1CCC(CC(C)COc2cccc(Br)c2C)CC1.CCOC(=O)CN1CCC(CC(C)COc2cccc(Br)c2C)CC1. The first-order valence-corrected chi connectivity index (χ1v) is 20.1. The number of nitrogens with zero attached hydrogens (tertiary/aromatic N) is 2. The van der Waals surface area contributed by atoms with Crippen molar-refractivity contribution in [3.63, 3.8) is 0 Å². The fourth-order valence-corrected chi connectivity index (χ4v) is 7.46. The molecule has 2 fully saturated rings. The summed E-state index contributed by atoms with van der Waals surface area (Å²) in [6.07, 6.45) is 6.97. The van der Waals surface area contributed by atoms with Crippen molar-refractivity contribution in [3.8, 4) is 11.5 Å². The lowest BCUT2D eigenvalue weighted by atomic mass is 9.88. The molecule has 2 aromatic carbocycles. The molecule has 50 heavy (non-hydrogen) atoms. The summed E-state index contributed by atoms with van der Waals surface area (Å²) >= 11 is 7.09. The third-order valence-corrected chi connectivity index (χ3v) is 11.4. The van der Waals surface area contributed by atoms with Crippen molar-refractivity contribution in [2.75, 3.05) is 65.7 Å². The maximum Gasteiger partial charge on any atom is 0.320 e. The number of rotatable bonds is 16. The van der Waals surface area contributed by atoms with Crippen LogP contribution in [0.25, 0.3) is 0 Å². The van der Waals surface area contributed by atoms with Gasteiger partial charge in [-0.25, -0.2) is 0 Å². The maximum absolute atomic E-state index is 11.6. The van der Waals surface area contributed by atoms with Crippen molar-refractivity contribution < 1.29 is 28.5 Å². The highest BCUT2D eigenvalue weighted by atomic mass is 79.9. The number of carbonyl (C=O) groups is 2. The summed E-state index contributed by atoms with van der Waals surface area (Å²) < 4.78 is 24.3. The Morgan fingerprint density at radius 3 is 1.38 bits per heavy atom. The molecule has 0 N–H and O–H groups in total. The summed E-state index contributed by atoms with van der Waals surface area (Å²) in [5, 5.41) is 0. The molecule has 2 unspecified atom stereocenters. The maximum atomic E-state index is 11.6. The van der Waals surface area contributed by atoms with E-state index in [1.165, 1.54) is 12.8 Å². The molecule has 8 nitrogen and oxygen atoms in total. The van der Waals surface area contributed by atoms with E-state index in [0.29, 0.717) is 38.1 Å². The largest absolute Gasteiger partial charge is 0.493 e. The van der Waals surface area contributed by atoms with Crippen LogP contribution in [-0.2, 0) is 19.1 Å². The van der Waals surface area contributed by atoms with Crippen molar-refractivity contribution in [1.82, 2.24) is 9.80 Å². The summed E-state index contributed by atoms with van der Waals surface area (Å²) in [6, 6.07) is 12.2. The lowest BCUT2D eigenvalue weighted by Crippen LogP contribution is -2.38. The Hall–Kier alpha value is -2.14. The van der Waals surface area contributed by atoms with Crippen LogP contribution in [0.4, 0.5) is 0 Å². The predicted octanol–water partition coefficient (Wildman–Crippen LogP) is 8.88. The van der Waals surface area contributed by atoms with Crippen molar-refractivity contribution in [1.29, 1.82) is 0 Å². The van der Waals surface area contributed by atoms with Gasteiger partial charge in [0.25, 0.3) is 0 Å². The molecule has 2 aromatic rings. The molecule has 280 valence electrons. The second-order valence-corrected chi connectivity index (χ2v) is 15.8. The molecule has 2 saturated heterocycles. The Balaban J connectivity index is 0.000000270. The Labute approximate surface area is 318 Å². The van der Waals surface area contributed by atoms with Gasteiger partial charge in [0, 0.05) is 20.1 Å². The van der Waals surface area contributed by atoms with Crippen LogP contribution >= 0.6 is 31.9 Å². The smallest absolute Gasteiger partial charge is 0.320 e. The Morgan fingerprint density at radius 2 is 1.04 bits per heavy atom. The molecule has 0 aromatic heterocycles. The van der Waals surface area contributed by atoms with Crippen molar-refractivity contribution in [2.24, 2.45) is 23.7 Å². The highest BCUT2D eigenvalue weighted by Gasteiger charge is 2.24. The first-order valence-electron chi connectivity index (χ1n) is 18.5. The van der Waals surface area contributed by atoms with E-state index < -0.39 is 0 Å². The molecular weight excluding hydrogens is 764 g/mol. The second-order valence-electron chi connectivity index (χ2n) is 14.1. The molecule has 0 bridgehead atoms. The molecule has 2 aliphatic heterocycles. The lowest BCUT2D eigenvalue weighted by Gasteiger charge is -2.32. The van der Waals surface area contributed by atoms with Crippen molar-refractivity contribution in [3.05, 3.63) is 56.5 Å². The summed E-state index contributed by atoms with van der Waals surface area (Å²) in [7, 11) is 0. The Bertz CT molecular complexity index is 1210. The predicted molar refractivity (Wildman–Crippen MR) is 208 cm³/mol. The van der Waals surface area contributed by atoms with Gasteiger partial charge in [0.2, 0.25) is 0 Å². The van der Waals surface area contributed by atoms with E-state index in [4.69, 9.17) is 18.9 Å². The number of benzene rings is 2. The zero-order chi connectivity index (χ0) is 36.5. The normalized spacial score (nSPS) is 17.3. The van der Waals surface area contributed by atoms with Gasteiger partial charge in [-0.3, -0.25) is 19.4 Å². The van der Waals surface area contributed by atoms with Gasteiger partial charge in [-0.2, -0.15) is 0 Å². The van der Waals surface area contributed by atoms with Crippen molar-refractivity contribution in [2.45, 2.75) is 80.1 Å². The third-order valence-electron chi connectivity index (χ3n) is 9.68. The number of ether oxygens (including phenoxy) is 4. The van der Waals surface area contributed by atoms with Crippen LogP contribution in [0, 0.1) is 37.5 Å². The second kappa shape index (κ2) is 22.7. The Kier molecular flexibility index (Phi) is 19.2. The van der Waals surface area contributed by atoms with E-state index in [0.717, 1.165) is 108 Å². The van der Waals surface area contributed by atoms with E-state index >= 15 is 0 Å². The monoisotopic (exact) mass is 822 g/mol. The zero-order valence-corrected chi connectivity index (χ0v) is 34.4. The van der Waals surface area contributed by atoms with Gasteiger partial charge >= 0.3 is 11.9 Å². The third kappa shape index (κ3) is 15.2. The number of hydrogen-bond donors (Lipinski definition) is 0. The molecule has 4 rings (SSSR count). The molecule has 2 aliphatic rings. The number of likely N-dealkylation sites (tertiary alicyclic amines) is 2. The van der Waals surface area contributed by atoms with Gasteiger partial charge in [0.1, 0.15) is 11.5 Å². The Morgan fingerprint density at radius 1 is 0.680 bits per heavy atom. The van der Waals surface area contributed by atoms with Gasteiger partial charge in [-0.05, 0) is 140 Å².